The van der Waals surface area contributed by atoms with Gasteiger partial charge in [-0.15, -0.1) is 0 Å². The lowest BCUT2D eigenvalue weighted by molar-refractivity contribution is -0.120. The maximum Gasteiger partial charge on any atom is 0.224 e. The molecule has 0 bridgehead atoms. The highest BCUT2D eigenvalue weighted by atomic mass is 16.5. The van der Waals surface area contributed by atoms with E-state index in [4.69, 9.17) is 4.74 Å². The normalized spacial score (nSPS) is 18.5. The Balaban J connectivity index is 1.78. The van der Waals surface area contributed by atoms with Gasteiger partial charge in [-0.25, -0.2) is 0 Å². The topological polar surface area (TPSA) is 50.4 Å². The van der Waals surface area contributed by atoms with Gasteiger partial charge in [0, 0.05) is 6.54 Å². The smallest absolute Gasteiger partial charge is 0.224 e. The minimum absolute atomic E-state index is 0.0854. The lowest BCUT2D eigenvalue weighted by Gasteiger charge is -2.22. The van der Waals surface area contributed by atoms with Crippen LogP contribution in [-0.2, 0) is 11.2 Å². The number of carbonyl (C=O) groups is 1. The van der Waals surface area contributed by atoms with Gasteiger partial charge in [-0.05, 0) is 63.4 Å². The van der Waals surface area contributed by atoms with E-state index in [0.29, 0.717) is 12.3 Å². The van der Waals surface area contributed by atoms with Crippen LogP contribution < -0.4 is 15.4 Å². The Hall–Kier alpha value is -1.55. The van der Waals surface area contributed by atoms with Crippen LogP contribution in [0.25, 0.3) is 0 Å². The number of nitrogens with one attached hydrogen (secondary N) is 2. The number of amides is 1. The van der Waals surface area contributed by atoms with Crippen molar-refractivity contribution < 1.29 is 9.53 Å². The fourth-order valence-electron chi connectivity index (χ4n) is 2.61. The predicted octanol–water partition coefficient (Wildman–Crippen LogP) is 2.13. The molecule has 0 radical (unpaired) electrons. The molecule has 2 N–H and O–H groups in total. The van der Waals surface area contributed by atoms with Crippen LogP contribution in [-0.4, -0.2) is 31.6 Å². The fraction of sp³-hybridized carbons (Fsp3) is 0.588. The lowest BCUT2D eigenvalue weighted by Crippen LogP contribution is -2.38. The van der Waals surface area contributed by atoms with Crippen molar-refractivity contribution in [1.82, 2.24) is 10.6 Å². The molecule has 4 nitrogen and oxygen atoms in total. The Labute approximate surface area is 127 Å². The highest BCUT2D eigenvalue weighted by Gasteiger charge is 2.14. The molecule has 1 atom stereocenters. The molecule has 0 aromatic heterocycles. The van der Waals surface area contributed by atoms with Gasteiger partial charge in [0.2, 0.25) is 5.91 Å². The largest absolute Gasteiger partial charge is 0.491 e. The van der Waals surface area contributed by atoms with Gasteiger partial charge in [-0.2, -0.15) is 0 Å². The third-order valence-corrected chi connectivity index (χ3v) is 3.62. The van der Waals surface area contributed by atoms with Gasteiger partial charge in [0.15, 0.2) is 0 Å². The highest BCUT2D eigenvalue weighted by molar-refractivity contribution is 5.78. The van der Waals surface area contributed by atoms with Gasteiger partial charge in [0.1, 0.15) is 5.75 Å². The summed E-state index contributed by atoms with van der Waals surface area (Å²) >= 11 is 0. The summed E-state index contributed by atoms with van der Waals surface area (Å²) in [4.78, 5) is 12.0. The average molecular weight is 290 g/mol. The maximum atomic E-state index is 12.0. The zero-order chi connectivity index (χ0) is 15.1. The van der Waals surface area contributed by atoms with Crippen molar-refractivity contribution in [2.75, 3.05) is 19.6 Å². The second kappa shape index (κ2) is 8.03. The van der Waals surface area contributed by atoms with Crippen LogP contribution in [0.4, 0.5) is 0 Å². The molecule has 116 valence electrons. The Morgan fingerprint density at radius 3 is 3.05 bits per heavy atom. The molecule has 0 saturated carbocycles. The number of hydrogen-bond acceptors (Lipinski definition) is 3. The van der Waals surface area contributed by atoms with E-state index >= 15 is 0 Å². The first kappa shape index (κ1) is 15.8. The monoisotopic (exact) mass is 290 g/mol. The SMILES string of the molecule is CC(C)Oc1cccc(CC(=O)NCC2CCCNC2)c1. The third kappa shape index (κ3) is 5.76. The van der Waals surface area contributed by atoms with Crippen molar-refractivity contribution >= 4 is 5.91 Å². The summed E-state index contributed by atoms with van der Waals surface area (Å²) < 4.78 is 5.65. The molecule has 1 fully saturated rings. The van der Waals surface area contributed by atoms with Crippen molar-refractivity contribution in [2.24, 2.45) is 5.92 Å². The lowest BCUT2D eigenvalue weighted by atomic mass is 9.99. The molecular formula is C17H26N2O2. The van der Waals surface area contributed by atoms with E-state index in [9.17, 15) is 4.79 Å². The molecular weight excluding hydrogens is 264 g/mol. The number of ether oxygens (including phenoxy) is 1. The fourth-order valence-corrected chi connectivity index (χ4v) is 2.61. The second-order valence-electron chi connectivity index (χ2n) is 6.01. The van der Waals surface area contributed by atoms with E-state index in [-0.39, 0.29) is 12.0 Å². The average Bonchev–Trinajstić information content (AvgIpc) is 2.46. The molecule has 1 saturated heterocycles. The summed E-state index contributed by atoms with van der Waals surface area (Å²) in [6, 6.07) is 7.77. The van der Waals surface area contributed by atoms with E-state index in [1.54, 1.807) is 0 Å². The van der Waals surface area contributed by atoms with E-state index in [1.165, 1.54) is 12.8 Å². The molecule has 1 unspecified atom stereocenters. The van der Waals surface area contributed by atoms with Crippen LogP contribution in [0.2, 0.25) is 0 Å². The summed E-state index contributed by atoms with van der Waals surface area (Å²) in [5, 5.41) is 6.41. The van der Waals surface area contributed by atoms with E-state index in [2.05, 4.69) is 10.6 Å². The summed E-state index contributed by atoms with van der Waals surface area (Å²) in [6.07, 6.45) is 2.96. The molecule has 1 aromatic carbocycles. The first-order valence-corrected chi connectivity index (χ1v) is 7.86. The molecule has 1 aromatic rings. The van der Waals surface area contributed by atoms with Crippen molar-refractivity contribution in [1.29, 1.82) is 0 Å². The summed E-state index contributed by atoms with van der Waals surface area (Å²) in [5.41, 5.74) is 0.993. The van der Waals surface area contributed by atoms with E-state index in [1.807, 2.05) is 38.1 Å². The molecule has 1 heterocycles. The molecule has 2 rings (SSSR count). The quantitative estimate of drug-likeness (QED) is 0.844. The van der Waals surface area contributed by atoms with Crippen molar-refractivity contribution in [3.63, 3.8) is 0 Å². The summed E-state index contributed by atoms with van der Waals surface area (Å²) in [6.45, 7) is 6.88. The molecule has 4 heteroatoms. The predicted molar refractivity (Wildman–Crippen MR) is 84.5 cm³/mol. The Morgan fingerprint density at radius 1 is 1.48 bits per heavy atom. The van der Waals surface area contributed by atoms with Crippen LogP contribution in [0.3, 0.4) is 0 Å². The molecule has 0 spiro atoms. The van der Waals surface area contributed by atoms with Crippen molar-refractivity contribution in [2.45, 2.75) is 39.2 Å². The Bertz CT molecular complexity index is 454. The van der Waals surface area contributed by atoms with Crippen molar-refractivity contribution in [3.05, 3.63) is 29.8 Å². The standard InChI is InChI=1S/C17H26N2O2/c1-13(2)21-16-7-3-5-14(9-16)10-17(20)19-12-15-6-4-8-18-11-15/h3,5,7,9,13,15,18H,4,6,8,10-12H2,1-2H3,(H,19,20). The molecule has 1 aliphatic rings. The van der Waals surface area contributed by atoms with Gasteiger partial charge in [-0.3, -0.25) is 4.79 Å². The number of rotatable bonds is 6. The van der Waals surface area contributed by atoms with Crippen LogP contribution in [0.5, 0.6) is 5.75 Å². The van der Waals surface area contributed by atoms with E-state index in [0.717, 1.165) is 30.9 Å². The van der Waals surface area contributed by atoms with Gasteiger partial charge in [0.05, 0.1) is 12.5 Å². The zero-order valence-electron chi connectivity index (χ0n) is 13.0. The first-order chi connectivity index (χ1) is 10.1. The maximum absolute atomic E-state index is 12.0. The molecule has 1 aliphatic heterocycles. The molecule has 1 amide bonds. The van der Waals surface area contributed by atoms with Crippen LogP contribution in [0, 0.1) is 5.92 Å². The molecule has 21 heavy (non-hydrogen) atoms. The van der Waals surface area contributed by atoms with Crippen LogP contribution in [0.1, 0.15) is 32.3 Å². The van der Waals surface area contributed by atoms with Crippen LogP contribution in [0.15, 0.2) is 24.3 Å². The number of benzene rings is 1. The summed E-state index contributed by atoms with van der Waals surface area (Å²) in [5.74, 6) is 1.48. The number of carbonyl (C=O) groups excluding carboxylic acids is 1. The van der Waals surface area contributed by atoms with Crippen molar-refractivity contribution in [3.8, 4) is 5.75 Å². The highest BCUT2D eigenvalue weighted by Crippen LogP contribution is 2.15. The number of piperidine rings is 1. The van der Waals surface area contributed by atoms with Gasteiger partial charge >= 0.3 is 0 Å². The Kier molecular flexibility index (Phi) is 6.05. The van der Waals surface area contributed by atoms with E-state index < -0.39 is 0 Å². The van der Waals surface area contributed by atoms with Crippen LogP contribution >= 0.6 is 0 Å². The third-order valence-electron chi connectivity index (χ3n) is 3.62. The number of hydrogen-bond donors (Lipinski definition) is 2. The minimum atomic E-state index is 0.0854. The first-order valence-electron chi connectivity index (χ1n) is 7.86. The minimum Gasteiger partial charge on any atom is -0.491 e. The second-order valence-corrected chi connectivity index (χ2v) is 6.01. The van der Waals surface area contributed by atoms with Gasteiger partial charge in [-0.1, -0.05) is 12.1 Å². The Morgan fingerprint density at radius 2 is 2.33 bits per heavy atom. The van der Waals surface area contributed by atoms with Gasteiger partial charge in [0.25, 0.3) is 0 Å². The summed E-state index contributed by atoms with van der Waals surface area (Å²) in [7, 11) is 0. The zero-order valence-corrected chi connectivity index (χ0v) is 13.0. The molecule has 0 aliphatic carbocycles. The van der Waals surface area contributed by atoms with Gasteiger partial charge < -0.3 is 15.4 Å².